The standard InChI is InChI=1S/C22H35N3O2/c1-16(2)19-7-5-18(6-8-19)9-12-23-21(26)15-25-13-10-20(11-14-25)24-22(27)17(3)4/h5-8,16-17,20H,9-15H2,1-4H3,(H,23,26)(H,24,27). The molecule has 5 nitrogen and oxygen atoms in total. The quantitative estimate of drug-likeness (QED) is 0.736. The molecular weight excluding hydrogens is 338 g/mol. The summed E-state index contributed by atoms with van der Waals surface area (Å²) < 4.78 is 0. The van der Waals surface area contributed by atoms with Gasteiger partial charge in [0.05, 0.1) is 6.54 Å². The lowest BCUT2D eigenvalue weighted by Crippen LogP contribution is -2.48. The minimum absolute atomic E-state index is 0.0235. The molecule has 1 heterocycles. The molecule has 0 bridgehead atoms. The van der Waals surface area contributed by atoms with E-state index in [2.05, 4.69) is 53.6 Å². The lowest BCUT2D eigenvalue weighted by molar-refractivity contribution is -0.126. The molecule has 1 aliphatic heterocycles. The number of nitrogens with zero attached hydrogens (tertiary/aromatic N) is 1. The first-order chi connectivity index (χ1) is 12.8. The Morgan fingerprint density at radius 2 is 1.70 bits per heavy atom. The maximum atomic E-state index is 12.2. The Labute approximate surface area is 163 Å². The molecule has 0 unspecified atom stereocenters. The zero-order chi connectivity index (χ0) is 19.8. The molecule has 1 saturated heterocycles. The average molecular weight is 374 g/mol. The second-order valence-electron chi connectivity index (χ2n) is 8.21. The Morgan fingerprint density at radius 3 is 2.26 bits per heavy atom. The second-order valence-corrected chi connectivity index (χ2v) is 8.21. The zero-order valence-corrected chi connectivity index (χ0v) is 17.3. The van der Waals surface area contributed by atoms with E-state index in [1.54, 1.807) is 0 Å². The molecule has 2 N–H and O–H groups in total. The van der Waals surface area contributed by atoms with Gasteiger partial charge in [-0.05, 0) is 36.3 Å². The first-order valence-corrected chi connectivity index (χ1v) is 10.2. The van der Waals surface area contributed by atoms with Crippen molar-refractivity contribution < 1.29 is 9.59 Å². The molecule has 1 aromatic carbocycles. The van der Waals surface area contributed by atoms with Gasteiger partial charge in [0.2, 0.25) is 11.8 Å². The molecule has 1 fully saturated rings. The molecule has 0 radical (unpaired) electrons. The Balaban J connectivity index is 1.63. The van der Waals surface area contributed by atoms with Crippen LogP contribution >= 0.6 is 0 Å². The van der Waals surface area contributed by atoms with E-state index >= 15 is 0 Å². The number of carbonyl (C=O) groups is 2. The van der Waals surface area contributed by atoms with Crippen molar-refractivity contribution in [2.24, 2.45) is 5.92 Å². The van der Waals surface area contributed by atoms with Crippen molar-refractivity contribution >= 4 is 11.8 Å². The van der Waals surface area contributed by atoms with Crippen LogP contribution in [0.4, 0.5) is 0 Å². The van der Waals surface area contributed by atoms with Gasteiger partial charge in [-0.3, -0.25) is 14.5 Å². The summed E-state index contributed by atoms with van der Waals surface area (Å²) in [5.41, 5.74) is 2.59. The van der Waals surface area contributed by atoms with Gasteiger partial charge >= 0.3 is 0 Å². The number of nitrogens with one attached hydrogen (secondary N) is 2. The predicted molar refractivity (Wildman–Crippen MR) is 110 cm³/mol. The normalized spacial score (nSPS) is 15.9. The number of hydrogen-bond donors (Lipinski definition) is 2. The van der Waals surface area contributed by atoms with Gasteiger partial charge in [-0.2, -0.15) is 0 Å². The number of amides is 2. The van der Waals surface area contributed by atoms with E-state index in [-0.39, 0.29) is 23.8 Å². The smallest absolute Gasteiger partial charge is 0.234 e. The van der Waals surface area contributed by atoms with Crippen LogP contribution in [0.2, 0.25) is 0 Å². The van der Waals surface area contributed by atoms with E-state index in [0.29, 0.717) is 19.0 Å². The van der Waals surface area contributed by atoms with Gasteiger partial charge < -0.3 is 10.6 Å². The van der Waals surface area contributed by atoms with E-state index in [0.717, 1.165) is 32.4 Å². The summed E-state index contributed by atoms with van der Waals surface area (Å²) >= 11 is 0. The summed E-state index contributed by atoms with van der Waals surface area (Å²) in [7, 11) is 0. The van der Waals surface area contributed by atoms with Crippen LogP contribution in [0.25, 0.3) is 0 Å². The highest BCUT2D eigenvalue weighted by molar-refractivity contribution is 5.78. The van der Waals surface area contributed by atoms with Gasteiger partial charge in [-0.25, -0.2) is 0 Å². The maximum Gasteiger partial charge on any atom is 0.234 e. The average Bonchev–Trinajstić information content (AvgIpc) is 2.63. The Morgan fingerprint density at radius 1 is 1.07 bits per heavy atom. The minimum Gasteiger partial charge on any atom is -0.355 e. The molecule has 2 amide bonds. The summed E-state index contributed by atoms with van der Waals surface area (Å²) in [5, 5.41) is 6.11. The summed E-state index contributed by atoms with van der Waals surface area (Å²) in [4.78, 5) is 26.1. The fourth-order valence-corrected chi connectivity index (χ4v) is 3.28. The molecule has 0 atom stereocenters. The van der Waals surface area contributed by atoms with Gasteiger partial charge in [0.15, 0.2) is 0 Å². The van der Waals surface area contributed by atoms with E-state index in [9.17, 15) is 9.59 Å². The first kappa shape index (κ1) is 21.4. The van der Waals surface area contributed by atoms with Crippen LogP contribution < -0.4 is 10.6 Å². The van der Waals surface area contributed by atoms with Crippen molar-refractivity contribution in [3.8, 4) is 0 Å². The molecule has 0 aliphatic carbocycles. The summed E-state index contributed by atoms with van der Waals surface area (Å²) in [6, 6.07) is 8.89. The maximum absolute atomic E-state index is 12.2. The molecule has 150 valence electrons. The predicted octanol–water partition coefficient (Wildman–Crippen LogP) is 2.71. The number of rotatable bonds is 8. The molecular formula is C22H35N3O2. The van der Waals surface area contributed by atoms with Crippen molar-refractivity contribution in [1.29, 1.82) is 0 Å². The molecule has 0 aromatic heterocycles. The molecule has 2 rings (SSSR count). The number of carbonyl (C=O) groups excluding carboxylic acids is 2. The molecule has 1 aromatic rings. The fraction of sp³-hybridized carbons (Fsp3) is 0.636. The number of benzene rings is 1. The van der Waals surface area contributed by atoms with E-state index in [4.69, 9.17) is 0 Å². The van der Waals surface area contributed by atoms with Gasteiger partial charge in [0.25, 0.3) is 0 Å². The minimum atomic E-state index is 0.0235. The van der Waals surface area contributed by atoms with Crippen LogP contribution in [0.1, 0.15) is 57.6 Å². The van der Waals surface area contributed by atoms with E-state index < -0.39 is 0 Å². The van der Waals surface area contributed by atoms with Crippen LogP contribution in [-0.4, -0.2) is 48.9 Å². The number of piperidine rings is 1. The highest BCUT2D eigenvalue weighted by atomic mass is 16.2. The molecule has 5 heteroatoms. The van der Waals surface area contributed by atoms with Crippen molar-refractivity contribution in [2.45, 2.75) is 58.9 Å². The third-order valence-electron chi connectivity index (χ3n) is 5.21. The monoisotopic (exact) mass is 373 g/mol. The van der Waals surface area contributed by atoms with Crippen LogP contribution in [-0.2, 0) is 16.0 Å². The topological polar surface area (TPSA) is 61.4 Å². The van der Waals surface area contributed by atoms with Gasteiger partial charge in [-0.15, -0.1) is 0 Å². The van der Waals surface area contributed by atoms with Crippen molar-refractivity contribution in [2.75, 3.05) is 26.2 Å². The number of hydrogen-bond acceptors (Lipinski definition) is 3. The van der Waals surface area contributed by atoms with Gasteiger partial charge in [-0.1, -0.05) is 52.0 Å². The van der Waals surface area contributed by atoms with Crippen LogP contribution in [0, 0.1) is 5.92 Å². The Hall–Kier alpha value is -1.88. The highest BCUT2D eigenvalue weighted by Gasteiger charge is 2.22. The SMILES string of the molecule is CC(C)C(=O)NC1CCN(CC(=O)NCCc2ccc(C(C)C)cc2)CC1. The van der Waals surface area contributed by atoms with Crippen LogP contribution in [0.3, 0.4) is 0 Å². The largest absolute Gasteiger partial charge is 0.355 e. The molecule has 0 spiro atoms. The number of likely N-dealkylation sites (tertiary alicyclic amines) is 1. The zero-order valence-electron chi connectivity index (χ0n) is 17.3. The van der Waals surface area contributed by atoms with E-state index in [1.807, 2.05) is 13.8 Å². The van der Waals surface area contributed by atoms with Crippen LogP contribution in [0.15, 0.2) is 24.3 Å². The molecule has 0 saturated carbocycles. The van der Waals surface area contributed by atoms with Crippen LogP contribution in [0.5, 0.6) is 0 Å². The van der Waals surface area contributed by atoms with Crippen molar-refractivity contribution in [1.82, 2.24) is 15.5 Å². The Kier molecular flexibility index (Phi) is 8.29. The fourth-order valence-electron chi connectivity index (χ4n) is 3.28. The lowest BCUT2D eigenvalue weighted by Gasteiger charge is -2.32. The van der Waals surface area contributed by atoms with Crippen molar-refractivity contribution in [3.05, 3.63) is 35.4 Å². The molecule has 1 aliphatic rings. The third kappa shape index (κ3) is 7.33. The molecule has 27 heavy (non-hydrogen) atoms. The van der Waals surface area contributed by atoms with Crippen molar-refractivity contribution in [3.63, 3.8) is 0 Å². The van der Waals surface area contributed by atoms with Gasteiger partial charge in [0.1, 0.15) is 0 Å². The summed E-state index contributed by atoms with van der Waals surface area (Å²) in [6.45, 7) is 11.0. The highest BCUT2D eigenvalue weighted by Crippen LogP contribution is 2.15. The second kappa shape index (κ2) is 10.5. The summed E-state index contributed by atoms with van der Waals surface area (Å²) in [6.07, 6.45) is 2.68. The third-order valence-corrected chi connectivity index (χ3v) is 5.21. The van der Waals surface area contributed by atoms with E-state index in [1.165, 1.54) is 11.1 Å². The first-order valence-electron chi connectivity index (χ1n) is 10.2. The lowest BCUT2D eigenvalue weighted by atomic mass is 10.0. The summed E-state index contributed by atoms with van der Waals surface area (Å²) in [5.74, 6) is 0.767. The van der Waals surface area contributed by atoms with Gasteiger partial charge in [0, 0.05) is 31.6 Å². The Bertz CT molecular complexity index is 602.